The molecule has 0 aliphatic heterocycles. The van der Waals surface area contributed by atoms with Crippen molar-refractivity contribution in [2.45, 2.75) is 47.6 Å². The first-order valence-electron chi connectivity index (χ1n) is 10.0. The molecule has 0 fully saturated rings. The Morgan fingerprint density at radius 1 is 1.10 bits per heavy atom. The first-order valence-corrected chi connectivity index (χ1v) is 10.4. The molecule has 0 aliphatic rings. The highest BCUT2D eigenvalue weighted by Crippen LogP contribution is 2.37. The molecule has 1 aromatic heterocycles. The van der Waals surface area contributed by atoms with E-state index in [2.05, 4.69) is 67.2 Å². The van der Waals surface area contributed by atoms with Crippen LogP contribution in [-0.2, 0) is 6.54 Å². The third-order valence-corrected chi connectivity index (χ3v) is 5.59. The fourth-order valence-corrected chi connectivity index (χ4v) is 4.06. The van der Waals surface area contributed by atoms with Crippen LogP contribution in [0.5, 0.6) is 0 Å². The number of hydrogen-bond acceptors (Lipinski definition) is 2. The van der Waals surface area contributed by atoms with E-state index in [0.29, 0.717) is 10.7 Å². The smallest absolute Gasteiger partial charge is 0.205 e. The van der Waals surface area contributed by atoms with E-state index < -0.39 is 0 Å². The number of hydrogen-bond donors (Lipinski definition) is 0. The van der Waals surface area contributed by atoms with Crippen molar-refractivity contribution in [3.8, 4) is 11.1 Å². The monoisotopic (exact) mass is 406 g/mol. The van der Waals surface area contributed by atoms with E-state index in [9.17, 15) is 0 Å². The van der Waals surface area contributed by atoms with Crippen molar-refractivity contribution >= 4 is 28.7 Å². The molecule has 3 aromatic rings. The summed E-state index contributed by atoms with van der Waals surface area (Å²) in [6.45, 7) is 19.6. The van der Waals surface area contributed by atoms with E-state index in [0.717, 1.165) is 36.6 Å². The van der Waals surface area contributed by atoms with Gasteiger partial charge >= 0.3 is 0 Å². The van der Waals surface area contributed by atoms with Crippen molar-refractivity contribution in [2.75, 3.05) is 11.4 Å². The molecule has 0 saturated carbocycles. The highest BCUT2D eigenvalue weighted by atomic mass is 35.5. The maximum atomic E-state index is 7.22. The van der Waals surface area contributed by atoms with Crippen molar-refractivity contribution in [3.63, 3.8) is 0 Å². The van der Waals surface area contributed by atoms with E-state index in [1.807, 2.05) is 12.1 Å². The van der Waals surface area contributed by atoms with Gasteiger partial charge in [-0.2, -0.15) is 5.10 Å². The molecular formula is C24H27ClN4. The molecule has 150 valence electrons. The molecule has 0 radical (unpaired) electrons. The number of anilines is 2. The van der Waals surface area contributed by atoms with Gasteiger partial charge in [0.05, 0.1) is 12.3 Å². The molecule has 0 amide bonds. The maximum Gasteiger partial charge on any atom is 0.205 e. The summed E-state index contributed by atoms with van der Waals surface area (Å²) < 4.78 is 2.10. The normalized spacial score (nSPS) is 10.8. The Balaban J connectivity index is 2.10. The summed E-state index contributed by atoms with van der Waals surface area (Å²) in [4.78, 5) is 5.70. The minimum absolute atomic E-state index is 0.478. The third kappa shape index (κ3) is 4.02. The molecule has 29 heavy (non-hydrogen) atoms. The highest BCUT2D eigenvalue weighted by molar-refractivity contribution is 6.33. The molecule has 4 nitrogen and oxygen atoms in total. The Hall–Kier alpha value is -2.77. The van der Waals surface area contributed by atoms with Gasteiger partial charge in [0.25, 0.3) is 0 Å². The fraction of sp³-hybridized carbons (Fsp3) is 0.333. The fourth-order valence-electron chi connectivity index (χ4n) is 3.85. The first-order chi connectivity index (χ1) is 13.9. The van der Waals surface area contributed by atoms with Crippen LogP contribution in [0.25, 0.3) is 16.0 Å². The lowest BCUT2D eigenvalue weighted by Gasteiger charge is -2.26. The van der Waals surface area contributed by atoms with E-state index in [1.165, 1.54) is 22.4 Å². The summed E-state index contributed by atoms with van der Waals surface area (Å²) in [7, 11) is 0. The molecular weight excluding hydrogens is 380 g/mol. The number of halogens is 1. The van der Waals surface area contributed by atoms with Gasteiger partial charge < -0.3 is 4.90 Å². The first kappa shape index (κ1) is 21.0. The number of rotatable bonds is 6. The molecule has 0 saturated heterocycles. The number of benzene rings is 2. The van der Waals surface area contributed by atoms with Gasteiger partial charge in [-0.1, -0.05) is 36.7 Å². The predicted octanol–water partition coefficient (Wildman–Crippen LogP) is 7.25. The molecule has 5 heteroatoms. The standard InChI is InChI=1S/C24H27ClN4/c1-7-13-29-18(5)24(17(4)27-29)19-10-9-16(3)23(14-19)28(8-2)20-11-12-22(26-6)21(25)15-20/h9-12,14-15H,7-8,13H2,1-5H3. The molecule has 3 rings (SSSR count). The Kier molecular flexibility index (Phi) is 6.30. The summed E-state index contributed by atoms with van der Waals surface area (Å²) in [6, 6.07) is 12.2. The zero-order chi connectivity index (χ0) is 21.1. The van der Waals surface area contributed by atoms with Crippen molar-refractivity contribution < 1.29 is 0 Å². The van der Waals surface area contributed by atoms with Crippen LogP contribution >= 0.6 is 11.6 Å². The number of nitrogens with zero attached hydrogens (tertiary/aromatic N) is 4. The lowest BCUT2D eigenvalue weighted by Crippen LogP contribution is -2.17. The molecule has 0 unspecified atom stereocenters. The number of aryl methyl sites for hydroxylation is 3. The minimum atomic E-state index is 0.478. The second-order valence-electron chi connectivity index (χ2n) is 7.26. The van der Waals surface area contributed by atoms with Gasteiger partial charge in [0.1, 0.15) is 0 Å². The van der Waals surface area contributed by atoms with Crippen LogP contribution in [0.2, 0.25) is 5.02 Å². The third-order valence-electron chi connectivity index (χ3n) is 5.29. The van der Waals surface area contributed by atoms with E-state index in [1.54, 1.807) is 6.07 Å². The number of aromatic nitrogens is 2. The molecule has 0 atom stereocenters. The minimum Gasteiger partial charge on any atom is -0.342 e. The SMILES string of the molecule is [C-]#[N+]c1ccc(N(CC)c2cc(-c3c(C)nn(CCC)c3C)ccc2C)cc1Cl. The average Bonchev–Trinajstić information content (AvgIpc) is 2.98. The summed E-state index contributed by atoms with van der Waals surface area (Å²) in [5.74, 6) is 0. The van der Waals surface area contributed by atoms with Crippen LogP contribution in [0.3, 0.4) is 0 Å². The van der Waals surface area contributed by atoms with Gasteiger partial charge in [-0.15, -0.1) is 0 Å². The zero-order valence-electron chi connectivity index (χ0n) is 17.8. The lowest BCUT2D eigenvalue weighted by atomic mass is 10.00. The quantitative estimate of drug-likeness (QED) is 0.403. The Morgan fingerprint density at radius 2 is 1.86 bits per heavy atom. The van der Waals surface area contributed by atoms with Crippen LogP contribution in [0, 0.1) is 27.3 Å². The largest absolute Gasteiger partial charge is 0.342 e. The van der Waals surface area contributed by atoms with Crippen molar-refractivity contribution in [1.29, 1.82) is 0 Å². The topological polar surface area (TPSA) is 25.4 Å². The summed E-state index contributed by atoms with van der Waals surface area (Å²) in [5, 5.41) is 5.22. The Labute approximate surface area is 178 Å². The molecule has 0 spiro atoms. The van der Waals surface area contributed by atoms with Crippen LogP contribution in [0.1, 0.15) is 37.2 Å². The van der Waals surface area contributed by atoms with Crippen LogP contribution in [0.15, 0.2) is 36.4 Å². The van der Waals surface area contributed by atoms with Gasteiger partial charge in [-0.3, -0.25) is 4.68 Å². The lowest BCUT2D eigenvalue weighted by molar-refractivity contribution is 0.583. The Morgan fingerprint density at radius 3 is 2.48 bits per heavy atom. The van der Waals surface area contributed by atoms with Gasteiger partial charge in [0.2, 0.25) is 5.69 Å². The van der Waals surface area contributed by atoms with E-state index >= 15 is 0 Å². The summed E-state index contributed by atoms with van der Waals surface area (Å²) >= 11 is 6.31. The van der Waals surface area contributed by atoms with Crippen molar-refractivity contribution in [1.82, 2.24) is 9.78 Å². The van der Waals surface area contributed by atoms with Gasteiger partial charge in [-0.05, 0) is 63.4 Å². The summed E-state index contributed by atoms with van der Waals surface area (Å²) in [6.07, 6.45) is 1.06. The van der Waals surface area contributed by atoms with E-state index in [4.69, 9.17) is 23.3 Å². The maximum absolute atomic E-state index is 7.22. The molecule has 0 aliphatic carbocycles. The second kappa shape index (κ2) is 8.71. The zero-order valence-corrected chi connectivity index (χ0v) is 18.5. The molecule has 2 aromatic carbocycles. The van der Waals surface area contributed by atoms with Crippen molar-refractivity contribution in [2.24, 2.45) is 0 Å². The summed E-state index contributed by atoms with van der Waals surface area (Å²) in [5.41, 5.74) is 8.43. The van der Waals surface area contributed by atoms with Crippen LogP contribution in [-0.4, -0.2) is 16.3 Å². The van der Waals surface area contributed by atoms with E-state index in [-0.39, 0.29) is 0 Å². The van der Waals surface area contributed by atoms with Gasteiger partial charge in [0, 0.05) is 40.7 Å². The average molecular weight is 407 g/mol. The Bertz CT molecular complexity index is 1080. The molecule has 0 bridgehead atoms. The predicted molar refractivity (Wildman–Crippen MR) is 123 cm³/mol. The van der Waals surface area contributed by atoms with Crippen LogP contribution < -0.4 is 4.90 Å². The molecule has 0 N–H and O–H groups in total. The molecule has 1 heterocycles. The highest BCUT2D eigenvalue weighted by Gasteiger charge is 2.17. The van der Waals surface area contributed by atoms with Gasteiger partial charge in [-0.25, -0.2) is 4.85 Å². The van der Waals surface area contributed by atoms with Crippen LogP contribution in [0.4, 0.5) is 17.1 Å². The van der Waals surface area contributed by atoms with Crippen molar-refractivity contribution in [3.05, 3.63) is 69.8 Å². The van der Waals surface area contributed by atoms with Gasteiger partial charge in [0.15, 0.2) is 0 Å². The second-order valence-corrected chi connectivity index (χ2v) is 7.67.